The molecule has 0 fully saturated rings. The van der Waals surface area contributed by atoms with E-state index in [2.05, 4.69) is 21.2 Å². The molecule has 0 aliphatic rings. The fraction of sp³-hybridized carbons (Fsp3) is 0.778. The maximum absolute atomic E-state index is 10.8. The van der Waals surface area contributed by atoms with Gasteiger partial charge in [-0.1, -0.05) is 29.3 Å². The lowest BCUT2D eigenvalue weighted by Gasteiger charge is -2.06. The molecule has 0 aliphatic heterocycles. The number of aliphatic carboxylic acids is 1. The molecule has 4 nitrogen and oxygen atoms in total. The predicted octanol–water partition coefficient (Wildman–Crippen LogP) is 1.39. The second kappa shape index (κ2) is 7.79. The molecule has 0 aliphatic carbocycles. The summed E-state index contributed by atoms with van der Waals surface area (Å²) in [5.74, 6) is -1.08. The molecule has 1 amide bonds. The van der Waals surface area contributed by atoms with Crippen molar-refractivity contribution in [3.63, 3.8) is 0 Å². The van der Waals surface area contributed by atoms with Crippen molar-refractivity contribution in [1.29, 1.82) is 0 Å². The Morgan fingerprint density at radius 2 is 2.07 bits per heavy atom. The van der Waals surface area contributed by atoms with Crippen LogP contribution in [0.4, 0.5) is 0 Å². The number of rotatable bonds is 7. The zero-order valence-electron chi connectivity index (χ0n) is 8.25. The van der Waals surface area contributed by atoms with E-state index in [1.54, 1.807) is 6.92 Å². The number of carboxylic acid groups (broad SMARTS) is 1. The second-order valence-electron chi connectivity index (χ2n) is 3.22. The van der Waals surface area contributed by atoms with Crippen LogP contribution in [0.15, 0.2) is 0 Å². The van der Waals surface area contributed by atoms with Crippen LogP contribution in [0.5, 0.6) is 0 Å². The van der Waals surface area contributed by atoms with Gasteiger partial charge in [0.25, 0.3) is 0 Å². The molecule has 1 unspecified atom stereocenters. The summed E-state index contributed by atoms with van der Waals surface area (Å²) in [5.41, 5.74) is 0. The SMILES string of the molecule is CC(CCCCNC(=O)CBr)C(=O)O. The lowest BCUT2D eigenvalue weighted by atomic mass is 10.0. The summed E-state index contributed by atoms with van der Waals surface area (Å²) in [6.07, 6.45) is 2.33. The van der Waals surface area contributed by atoms with Gasteiger partial charge in [-0.2, -0.15) is 0 Å². The molecule has 0 aromatic rings. The van der Waals surface area contributed by atoms with Crippen molar-refractivity contribution in [2.45, 2.75) is 26.2 Å². The third kappa shape index (κ3) is 6.88. The van der Waals surface area contributed by atoms with Gasteiger partial charge in [-0.25, -0.2) is 0 Å². The Kier molecular flexibility index (Phi) is 7.47. The zero-order chi connectivity index (χ0) is 11.0. The van der Waals surface area contributed by atoms with Crippen molar-refractivity contribution >= 4 is 27.8 Å². The van der Waals surface area contributed by atoms with Crippen molar-refractivity contribution in [3.05, 3.63) is 0 Å². The molecule has 1 atom stereocenters. The highest BCUT2D eigenvalue weighted by Gasteiger charge is 2.09. The summed E-state index contributed by atoms with van der Waals surface area (Å²) >= 11 is 3.04. The highest BCUT2D eigenvalue weighted by Crippen LogP contribution is 2.06. The Labute approximate surface area is 92.2 Å². The molecule has 0 heterocycles. The lowest BCUT2D eigenvalue weighted by molar-refractivity contribution is -0.141. The van der Waals surface area contributed by atoms with Crippen molar-refractivity contribution in [2.75, 3.05) is 11.9 Å². The Morgan fingerprint density at radius 1 is 1.43 bits per heavy atom. The van der Waals surface area contributed by atoms with Crippen LogP contribution in [-0.2, 0) is 9.59 Å². The van der Waals surface area contributed by atoms with E-state index in [1.165, 1.54) is 0 Å². The predicted molar refractivity (Wildman–Crippen MR) is 57.5 cm³/mol. The van der Waals surface area contributed by atoms with Crippen LogP contribution in [-0.4, -0.2) is 28.9 Å². The molecule has 0 spiro atoms. The second-order valence-corrected chi connectivity index (χ2v) is 3.78. The van der Waals surface area contributed by atoms with E-state index in [-0.39, 0.29) is 11.8 Å². The van der Waals surface area contributed by atoms with Crippen LogP contribution in [0.1, 0.15) is 26.2 Å². The fourth-order valence-corrected chi connectivity index (χ4v) is 1.17. The highest BCUT2D eigenvalue weighted by molar-refractivity contribution is 9.09. The highest BCUT2D eigenvalue weighted by atomic mass is 79.9. The number of carbonyl (C=O) groups excluding carboxylic acids is 1. The standard InChI is InChI=1S/C9H16BrNO3/c1-7(9(13)14)4-2-3-5-11-8(12)6-10/h7H,2-6H2,1H3,(H,11,12)(H,13,14). The first kappa shape index (κ1) is 13.4. The van der Waals surface area contributed by atoms with E-state index in [4.69, 9.17) is 5.11 Å². The zero-order valence-corrected chi connectivity index (χ0v) is 9.84. The van der Waals surface area contributed by atoms with Crippen LogP contribution in [0, 0.1) is 5.92 Å². The molecule has 0 saturated heterocycles. The van der Waals surface area contributed by atoms with Crippen LogP contribution >= 0.6 is 15.9 Å². The van der Waals surface area contributed by atoms with Gasteiger partial charge in [-0.3, -0.25) is 9.59 Å². The van der Waals surface area contributed by atoms with E-state index in [1.807, 2.05) is 0 Å². The molecule has 0 rings (SSSR count). The smallest absolute Gasteiger partial charge is 0.306 e. The first-order chi connectivity index (χ1) is 6.57. The summed E-state index contributed by atoms with van der Waals surface area (Å²) in [6, 6.07) is 0. The average molecular weight is 266 g/mol. The van der Waals surface area contributed by atoms with Crippen molar-refractivity contribution < 1.29 is 14.7 Å². The Balaban J connectivity index is 3.30. The minimum Gasteiger partial charge on any atom is -0.481 e. The number of halogens is 1. The molecular formula is C9H16BrNO3. The number of carboxylic acids is 1. The molecule has 0 saturated carbocycles. The summed E-state index contributed by atoms with van der Waals surface area (Å²) in [5, 5.41) is 11.6. The average Bonchev–Trinajstić information content (AvgIpc) is 2.16. The number of unbranched alkanes of at least 4 members (excludes halogenated alkanes) is 1. The van der Waals surface area contributed by atoms with E-state index in [0.717, 1.165) is 12.8 Å². The normalized spacial score (nSPS) is 12.1. The van der Waals surface area contributed by atoms with Gasteiger partial charge in [-0.15, -0.1) is 0 Å². The molecule has 0 bridgehead atoms. The maximum atomic E-state index is 10.8. The van der Waals surface area contributed by atoms with Crippen LogP contribution in [0.25, 0.3) is 0 Å². The third-order valence-electron chi connectivity index (χ3n) is 1.93. The topological polar surface area (TPSA) is 66.4 Å². The van der Waals surface area contributed by atoms with Gasteiger partial charge in [0.1, 0.15) is 0 Å². The third-order valence-corrected chi connectivity index (χ3v) is 2.44. The van der Waals surface area contributed by atoms with E-state index >= 15 is 0 Å². The molecule has 2 N–H and O–H groups in total. The first-order valence-electron chi connectivity index (χ1n) is 4.63. The minimum atomic E-state index is -0.755. The summed E-state index contributed by atoms with van der Waals surface area (Å²) in [7, 11) is 0. The lowest BCUT2D eigenvalue weighted by Crippen LogP contribution is -2.25. The van der Waals surface area contributed by atoms with Gasteiger partial charge in [0.05, 0.1) is 11.2 Å². The van der Waals surface area contributed by atoms with E-state index in [9.17, 15) is 9.59 Å². The van der Waals surface area contributed by atoms with Gasteiger partial charge in [0.2, 0.25) is 5.91 Å². The number of carbonyl (C=O) groups is 2. The van der Waals surface area contributed by atoms with E-state index < -0.39 is 5.97 Å². The summed E-state index contributed by atoms with van der Waals surface area (Å²) < 4.78 is 0. The summed E-state index contributed by atoms with van der Waals surface area (Å²) in [4.78, 5) is 21.2. The molecule has 0 aromatic heterocycles. The van der Waals surface area contributed by atoms with Gasteiger partial charge in [0.15, 0.2) is 0 Å². The van der Waals surface area contributed by atoms with Gasteiger partial charge in [-0.05, 0) is 12.8 Å². The number of hydrogen-bond acceptors (Lipinski definition) is 2. The molecule has 82 valence electrons. The maximum Gasteiger partial charge on any atom is 0.306 e. The van der Waals surface area contributed by atoms with Crippen molar-refractivity contribution in [2.24, 2.45) is 5.92 Å². The quantitative estimate of drug-likeness (QED) is 0.540. The monoisotopic (exact) mass is 265 g/mol. The van der Waals surface area contributed by atoms with Crippen LogP contribution in [0.3, 0.4) is 0 Å². The molecule has 0 aromatic carbocycles. The number of nitrogens with one attached hydrogen (secondary N) is 1. The minimum absolute atomic E-state index is 0.0312. The van der Waals surface area contributed by atoms with E-state index in [0.29, 0.717) is 18.3 Å². The summed E-state index contributed by atoms with van der Waals surface area (Å²) in [6.45, 7) is 2.32. The molecule has 0 radical (unpaired) electrons. The molecule has 5 heteroatoms. The van der Waals surface area contributed by atoms with Gasteiger partial charge in [0, 0.05) is 6.54 Å². The van der Waals surface area contributed by atoms with Gasteiger partial charge >= 0.3 is 5.97 Å². The molecular weight excluding hydrogens is 250 g/mol. The number of alkyl halides is 1. The van der Waals surface area contributed by atoms with Crippen LogP contribution < -0.4 is 5.32 Å². The van der Waals surface area contributed by atoms with Crippen LogP contribution in [0.2, 0.25) is 0 Å². The van der Waals surface area contributed by atoms with Crippen molar-refractivity contribution in [1.82, 2.24) is 5.32 Å². The Morgan fingerprint density at radius 3 is 2.57 bits per heavy atom. The Hall–Kier alpha value is -0.580. The van der Waals surface area contributed by atoms with Crippen molar-refractivity contribution in [3.8, 4) is 0 Å². The number of amides is 1. The Bertz CT molecular complexity index is 196. The first-order valence-corrected chi connectivity index (χ1v) is 5.75. The van der Waals surface area contributed by atoms with Gasteiger partial charge < -0.3 is 10.4 Å². The fourth-order valence-electron chi connectivity index (χ4n) is 0.974. The largest absolute Gasteiger partial charge is 0.481 e. The number of hydrogen-bond donors (Lipinski definition) is 2. The molecule has 14 heavy (non-hydrogen) atoms.